The van der Waals surface area contributed by atoms with Gasteiger partial charge in [-0.2, -0.15) is 11.3 Å². The van der Waals surface area contributed by atoms with Crippen LogP contribution in [0.2, 0.25) is 0 Å². The molecule has 2 unspecified atom stereocenters. The van der Waals surface area contributed by atoms with Crippen LogP contribution in [0.1, 0.15) is 49.5 Å². The molecule has 5 nitrogen and oxygen atoms in total. The Balaban J connectivity index is 1.80. The van der Waals surface area contributed by atoms with Gasteiger partial charge in [0.1, 0.15) is 0 Å². The van der Waals surface area contributed by atoms with Gasteiger partial charge in [0.2, 0.25) is 5.16 Å². The molecule has 0 aromatic carbocycles. The fourth-order valence-electron chi connectivity index (χ4n) is 2.67. The lowest BCUT2D eigenvalue weighted by Gasteiger charge is -2.19. The summed E-state index contributed by atoms with van der Waals surface area (Å²) in [5, 5.41) is 17.6. The summed E-state index contributed by atoms with van der Waals surface area (Å²) in [6.07, 6.45) is 4.91. The highest BCUT2D eigenvalue weighted by molar-refractivity contribution is 7.99. The lowest BCUT2D eigenvalue weighted by Crippen LogP contribution is -2.23. The molecule has 2 N–H and O–H groups in total. The molecule has 0 saturated heterocycles. The van der Waals surface area contributed by atoms with E-state index in [1.54, 1.807) is 23.1 Å². The predicted molar refractivity (Wildman–Crippen MR) is 81.9 cm³/mol. The first-order valence-corrected chi connectivity index (χ1v) is 8.80. The van der Waals surface area contributed by atoms with Crippen molar-refractivity contribution in [1.82, 2.24) is 20.2 Å². The summed E-state index contributed by atoms with van der Waals surface area (Å²) in [5.41, 5.74) is 7.41. The standard InChI is InChI=1S/C13H19N5S2/c1-9(14)12(10-6-7-19-8-10)20-13-15-16-17-18(13)11-4-2-3-5-11/h6-9,11-12H,2-5,14H2,1H3. The quantitative estimate of drug-likeness (QED) is 0.860. The van der Waals surface area contributed by atoms with E-state index in [1.807, 2.05) is 11.6 Å². The van der Waals surface area contributed by atoms with Gasteiger partial charge in [-0.25, -0.2) is 4.68 Å². The summed E-state index contributed by atoms with van der Waals surface area (Å²) in [6.45, 7) is 2.04. The minimum atomic E-state index is 0.0586. The molecule has 0 bridgehead atoms. The van der Waals surface area contributed by atoms with Crippen LogP contribution in [0.3, 0.4) is 0 Å². The molecule has 0 spiro atoms. The van der Waals surface area contributed by atoms with Crippen molar-refractivity contribution in [3.05, 3.63) is 22.4 Å². The summed E-state index contributed by atoms with van der Waals surface area (Å²) in [5.74, 6) is 0. The van der Waals surface area contributed by atoms with Crippen LogP contribution < -0.4 is 5.73 Å². The lowest BCUT2D eigenvalue weighted by molar-refractivity contribution is 0.422. The van der Waals surface area contributed by atoms with Crippen LogP contribution >= 0.6 is 23.1 Å². The molecular formula is C13H19N5S2. The number of nitrogens with zero attached hydrogens (tertiary/aromatic N) is 4. The van der Waals surface area contributed by atoms with Gasteiger partial charge in [-0.3, -0.25) is 0 Å². The highest BCUT2D eigenvalue weighted by Gasteiger charge is 2.26. The molecule has 2 aromatic heterocycles. The average molecular weight is 309 g/mol. The smallest absolute Gasteiger partial charge is 0.210 e. The molecule has 2 heterocycles. The average Bonchev–Trinajstić information content (AvgIpc) is 3.16. The number of tetrazole rings is 1. The van der Waals surface area contributed by atoms with E-state index in [2.05, 4.69) is 32.4 Å². The van der Waals surface area contributed by atoms with E-state index in [9.17, 15) is 0 Å². The van der Waals surface area contributed by atoms with Crippen molar-refractivity contribution in [2.75, 3.05) is 0 Å². The molecule has 1 fully saturated rings. The van der Waals surface area contributed by atoms with Gasteiger partial charge in [-0.05, 0) is 52.6 Å². The van der Waals surface area contributed by atoms with E-state index >= 15 is 0 Å². The molecular weight excluding hydrogens is 290 g/mol. The molecule has 7 heteroatoms. The molecule has 0 radical (unpaired) electrons. The molecule has 0 amide bonds. The molecule has 1 saturated carbocycles. The van der Waals surface area contributed by atoms with Gasteiger partial charge >= 0.3 is 0 Å². The molecule has 20 heavy (non-hydrogen) atoms. The van der Waals surface area contributed by atoms with Crippen LogP contribution in [0, 0.1) is 0 Å². The zero-order valence-corrected chi connectivity index (χ0v) is 13.1. The first kappa shape index (κ1) is 14.0. The van der Waals surface area contributed by atoms with E-state index in [4.69, 9.17) is 5.73 Å². The van der Waals surface area contributed by atoms with Gasteiger partial charge in [0.15, 0.2) is 0 Å². The van der Waals surface area contributed by atoms with E-state index in [1.165, 1.54) is 31.2 Å². The van der Waals surface area contributed by atoms with Gasteiger partial charge in [-0.1, -0.05) is 24.6 Å². The Hall–Kier alpha value is -0.920. The summed E-state index contributed by atoms with van der Waals surface area (Å²) in [7, 11) is 0. The predicted octanol–water partition coefficient (Wildman–Crippen LogP) is 3.03. The Kier molecular flexibility index (Phi) is 4.38. The van der Waals surface area contributed by atoms with Crippen LogP contribution in [0.25, 0.3) is 0 Å². The van der Waals surface area contributed by atoms with Gasteiger partial charge in [-0.15, -0.1) is 5.10 Å². The summed E-state index contributed by atoms with van der Waals surface area (Å²) in [6, 6.07) is 2.65. The topological polar surface area (TPSA) is 69.6 Å². The van der Waals surface area contributed by atoms with Crippen molar-refractivity contribution in [3.8, 4) is 0 Å². The van der Waals surface area contributed by atoms with Crippen molar-refractivity contribution in [3.63, 3.8) is 0 Å². The normalized spacial score (nSPS) is 19.3. The Bertz CT molecular complexity index is 531. The molecule has 0 aliphatic heterocycles. The maximum absolute atomic E-state index is 6.15. The van der Waals surface area contributed by atoms with E-state index < -0.39 is 0 Å². The van der Waals surface area contributed by atoms with Crippen LogP contribution in [-0.2, 0) is 0 Å². The minimum absolute atomic E-state index is 0.0586. The number of thioether (sulfide) groups is 1. The molecule has 1 aliphatic rings. The summed E-state index contributed by atoms with van der Waals surface area (Å²) >= 11 is 3.38. The van der Waals surface area contributed by atoms with Crippen molar-refractivity contribution in [2.24, 2.45) is 5.73 Å². The van der Waals surface area contributed by atoms with Crippen LogP contribution in [-0.4, -0.2) is 26.2 Å². The van der Waals surface area contributed by atoms with E-state index in [0.717, 1.165) is 5.16 Å². The van der Waals surface area contributed by atoms with Gasteiger partial charge in [0, 0.05) is 6.04 Å². The third kappa shape index (κ3) is 2.89. The summed E-state index contributed by atoms with van der Waals surface area (Å²) < 4.78 is 2.00. The van der Waals surface area contributed by atoms with Crippen molar-refractivity contribution < 1.29 is 0 Å². The Morgan fingerprint density at radius 3 is 2.90 bits per heavy atom. The second-order valence-corrected chi connectivity index (χ2v) is 7.19. The molecule has 2 atom stereocenters. The first-order chi connectivity index (χ1) is 9.75. The number of nitrogens with two attached hydrogens (primary N) is 1. The zero-order valence-electron chi connectivity index (χ0n) is 11.5. The van der Waals surface area contributed by atoms with Crippen LogP contribution in [0.5, 0.6) is 0 Å². The highest BCUT2D eigenvalue weighted by Crippen LogP contribution is 2.39. The van der Waals surface area contributed by atoms with E-state index in [-0.39, 0.29) is 11.3 Å². The van der Waals surface area contributed by atoms with Crippen LogP contribution in [0.15, 0.2) is 22.0 Å². The maximum Gasteiger partial charge on any atom is 0.210 e. The zero-order chi connectivity index (χ0) is 13.9. The van der Waals surface area contributed by atoms with Gasteiger partial charge < -0.3 is 5.73 Å². The summed E-state index contributed by atoms with van der Waals surface area (Å²) in [4.78, 5) is 0. The number of aromatic nitrogens is 4. The number of thiophene rings is 1. The fourth-order valence-corrected chi connectivity index (χ4v) is 4.55. The van der Waals surface area contributed by atoms with Gasteiger partial charge in [0.05, 0.1) is 11.3 Å². The van der Waals surface area contributed by atoms with Crippen molar-refractivity contribution in [1.29, 1.82) is 0 Å². The molecule has 1 aliphatic carbocycles. The third-order valence-corrected chi connectivity index (χ3v) is 5.85. The SMILES string of the molecule is CC(N)C(Sc1nnnn1C1CCCC1)c1ccsc1. The van der Waals surface area contributed by atoms with E-state index in [0.29, 0.717) is 6.04 Å². The third-order valence-electron chi connectivity index (χ3n) is 3.71. The Morgan fingerprint density at radius 1 is 1.45 bits per heavy atom. The first-order valence-electron chi connectivity index (χ1n) is 6.98. The van der Waals surface area contributed by atoms with Crippen LogP contribution in [0.4, 0.5) is 0 Å². The minimum Gasteiger partial charge on any atom is -0.327 e. The molecule has 2 aromatic rings. The Morgan fingerprint density at radius 2 is 2.25 bits per heavy atom. The van der Waals surface area contributed by atoms with Crippen molar-refractivity contribution in [2.45, 2.75) is 55.1 Å². The largest absolute Gasteiger partial charge is 0.327 e. The fraction of sp³-hybridized carbons (Fsp3) is 0.615. The van der Waals surface area contributed by atoms with Gasteiger partial charge in [0.25, 0.3) is 0 Å². The maximum atomic E-state index is 6.15. The number of hydrogen-bond acceptors (Lipinski definition) is 6. The second-order valence-electron chi connectivity index (χ2n) is 5.30. The highest BCUT2D eigenvalue weighted by atomic mass is 32.2. The van der Waals surface area contributed by atoms with Crippen molar-refractivity contribution >= 4 is 23.1 Å². The molecule has 3 rings (SSSR count). The monoisotopic (exact) mass is 309 g/mol. The lowest BCUT2D eigenvalue weighted by atomic mass is 10.1. The number of rotatable bonds is 5. The Labute approximate surface area is 126 Å². The second kappa shape index (κ2) is 6.24. The molecule has 108 valence electrons. The number of hydrogen-bond donors (Lipinski definition) is 1.